The Balaban J connectivity index is 0.00000132. The van der Waals surface area contributed by atoms with Gasteiger partial charge in [0.25, 0.3) is 0 Å². The van der Waals surface area contributed by atoms with E-state index in [1.54, 1.807) is 17.6 Å². The molecule has 1 aromatic carbocycles. The summed E-state index contributed by atoms with van der Waals surface area (Å²) >= 11 is -1.77. The first kappa shape index (κ1) is 20.8. The summed E-state index contributed by atoms with van der Waals surface area (Å²) in [5, 5.41) is 0. The van der Waals surface area contributed by atoms with E-state index in [1.165, 1.54) is 12.0 Å². The van der Waals surface area contributed by atoms with Gasteiger partial charge in [0.2, 0.25) is 0 Å². The number of fused-ring (bicyclic) bond motifs is 1. The first-order valence-electron chi connectivity index (χ1n) is 7.93. The fourth-order valence-electron chi connectivity index (χ4n) is 3.47. The Hall–Kier alpha value is -0.227. The smallest absolute Gasteiger partial charge is 1.00 e. The van der Waals surface area contributed by atoms with Gasteiger partial charge in [-0.05, 0) is 0 Å². The Morgan fingerprint density at radius 3 is 2.43 bits per heavy atom. The molecule has 2 aliphatic carbocycles. The van der Waals surface area contributed by atoms with E-state index in [9.17, 15) is 0 Å². The third-order valence-corrected chi connectivity index (χ3v) is 12.5. The molecule has 0 aliphatic heterocycles. The van der Waals surface area contributed by atoms with Gasteiger partial charge < -0.3 is 24.8 Å². The summed E-state index contributed by atoms with van der Waals surface area (Å²) in [7, 11) is 0. The quantitative estimate of drug-likeness (QED) is 0.610. The number of rotatable bonds is 3. The van der Waals surface area contributed by atoms with Crippen LogP contribution in [0.4, 0.5) is 0 Å². The van der Waals surface area contributed by atoms with Crippen LogP contribution in [0.2, 0.25) is 0 Å². The molecule has 0 heterocycles. The fraction of sp³-hybridized carbons (Fsp3) is 0.350. The van der Waals surface area contributed by atoms with Crippen molar-refractivity contribution in [3.63, 3.8) is 0 Å². The Bertz CT molecular complexity index is 689. The van der Waals surface area contributed by atoms with Gasteiger partial charge in [-0.3, -0.25) is 0 Å². The summed E-state index contributed by atoms with van der Waals surface area (Å²) in [6.45, 7) is 9.36. The summed E-state index contributed by atoms with van der Waals surface area (Å²) < 4.78 is 4.21. The second-order valence-corrected chi connectivity index (χ2v) is 14.2. The number of allylic oxidation sites excluding steroid dienone is 5. The molecule has 0 aromatic heterocycles. The van der Waals surface area contributed by atoms with E-state index in [2.05, 4.69) is 76.3 Å². The van der Waals surface area contributed by atoms with E-state index in [0.29, 0.717) is 9.54 Å². The van der Waals surface area contributed by atoms with Gasteiger partial charge >= 0.3 is 137 Å². The summed E-state index contributed by atoms with van der Waals surface area (Å²) in [6.07, 6.45) is 11.0. The molecule has 1 aromatic rings. The molecule has 0 saturated carbocycles. The topological polar surface area (TPSA) is 0 Å². The van der Waals surface area contributed by atoms with Crippen LogP contribution in [-0.4, -0.2) is 3.21 Å². The summed E-state index contributed by atoms with van der Waals surface area (Å²) in [4.78, 5) is 0. The van der Waals surface area contributed by atoms with Crippen LogP contribution in [-0.2, 0) is 21.3 Å². The molecule has 0 amide bonds. The molecule has 1 atom stereocenters. The predicted molar refractivity (Wildman–Crippen MR) is 90.2 cm³/mol. The third kappa shape index (κ3) is 4.25. The molecule has 3 rings (SSSR count). The number of benzene rings is 1. The zero-order chi connectivity index (χ0) is 15.0. The van der Waals surface area contributed by atoms with Crippen molar-refractivity contribution in [2.75, 3.05) is 0 Å². The molecule has 2 aliphatic rings. The van der Waals surface area contributed by atoms with Crippen LogP contribution in [0.1, 0.15) is 48.9 Å². The van der Waals surface area contributed by atoms with Crippen molar-refractivity contribution in [1.29, 1.82) is 0 Å². The second-order valence-electron chi connectivity index (χ2n) is 6.61. The molecule has 0 nitrogen and oxygen atoms in total. The molecule has 0 spiro atoms. The minimum atomic E-state index is -1.77. The van der Waals surface area contributed by atoms with Crippen LogP contribution >= 0.6 is 0 Å². The van der Waals surface area contributed by atoms with Crippen molar-refractivity contribution in [3.05, 3.63) is 62.5 Å². The van der Waals surface area contributed by atoms with Gasteiger partial charge in [0.15, 0.2) is 0 Å². The number of halogens is 2. The zero-order valence-corrected chi connectivity index (χ0v) is 18.2. The van der Waals surface area contributed by atoms with E-state index >= 15 is 0 Å². The molecule has 0 bridgehead atoms. The maximum atomic E-state index is 2.54. The average Bonchev–Trinajstić information content (AvgIpc) is 3.07. The first-order chi connectivity index (χ1) is 10.1. The SMILES string of the molecule is C[C](C)=[Zr+2]([C]1=CC(C(C)C)=CC1)[CH]1C=Cc2ccccc21.[Cl-].[Cl-]. The maximum Gasteiger partial charge on any atom is -1.00 e. The first-order valence-corrected chi connectivity index (χ1v) is 11.8. The molecule has 0 saturated heterocycles. The molecule has 122 valence electrons. The standard InChI is InChI=1S/C9H7.C8H11.C3H6.2ClH.Zr/c1-2-5-9-7-3-6-8(9)4-1;1-7(2)8-5-3-4-6-8;1-3-2;;;/h1-7H;5-7H,3H2,1-2H3;1-2H3;2*1H;/q;;;;;+2/p-2. The molecule has 3 heteroatoms. The number of hydrogen-bond donors (Lipinski definition) is 0. The fourth-order valence-corrected chi connectivity index (χ4v) is 11.3. The zero-order valence-electron chi connectivity index (χ0n) is 14.2. The largest absolute Gasteiger partial charge is 1.00 e. The Labute approximate surface area is 160 Å². The van der Waals surface area contributed by atoms with Gasteiger partial charge in [-0.2, -0.15) is 0 Å². The maximum absolute atomic E-state index is 2.54. The van der Waals surface area contributed by atoms with E-state index in [0.717, 1.165) is 0 Å². The predicted octanol–water partition coefficient (Wildman–Crippen LogP) is -0.537. The minimum absolute atomic E-state index is 0. The van der Waals surface area contributed by atoms with Crippen molar-refractivity contribution < 1.29 is 46.1 Å². The van der Waals surface area contributed by atoms with Crippen molar-refractivity contribution in [2.24, 2.45) is 5.92 Å². The van der Waals surface area contributed by atoms with Crippen molar-refractivity contribution in [3.8, 4) is 0 Å². The van der Waals surface area contributed by atoms with E-state index in [4.69, 9.17) is 0 Å². The van der Waals surface area contributed by atoms with Crippen LogP contribution in [0.25, 0.3) is 6.08 Å². The summed E-state index contributed by atoms with van der Waals surface area (Å²) in [5.41, 5.74) is 4.57. The number of hydrogen-bond acceptors (Lipinski definition) is 0. The van der Waals surface area contributed by atoms with Crippen molar-refractivity contribution in [2.45, 2.75) is 37.7 Å². The third-order valence-electron chi connectivity index (χ3n) is 4.56. The summed E-state index contributed by atoms with van der Waals surface area (Å²) in [6, 6.07) is 8.96. The molecular formula is C20H24Cl2Zr. The molecule has 0 radical (unpaired) electrons. The van der Waals surface area contributed by atoms with Crippen LogP contribution in [0.15, 0.2) is 51.3 Å². The van der Waals surface area contributed by atoms with Gasteiger partial charge in [0.1, 0.15) is 0 Å². The van der Waals surface area contributed by atoms with Crippen molar-refractivity contribution >= 4 is 9.28 Å². The van der Waals surface area contributed by atoms with Gasteiger partial charge in [-0.1, -0.05) is 0 Å². The minimum Gasteiger partial charge on any atom is -1.00 e. The van der Waals surface area contributed by atoms with Crippen LogP contribution in [0.3, 0.4) is 0 Å². The van der Waals surface area contributed by atoms with Gasteiger partial charge in [-0.15, -0.1) is 0 Å². The van der Waals surface area contributed by atoms with Gasteiger partial charge in [0.05, 0.1) is 0 Å². The molecule has 0 N–H and O–H groups in total. The molecular weight excluding hydrogens is 402 g/mol. The Kier molecular flexibility index (Phi) is 7.92. The Morgan fingerprint density at radius 1 is 1.13 bits per heavy atom. The van der Waals surface area contributed by atoms with E-state index < -0.39 is 21.3 Å². The van der Waals surface area contributed by atoms with Crippen LogP contribution in [0.5, 0.6) is 0 Å². The monoisotopic (exact) mass is 424 g/mol. The van der Waals surface area contributed by atoms with Crippen LogP contribution < -0.4 is 24.8 Å². The van der Waals surface area contributed by atoms with E-state index in [1.807, 2.05) is 0 Å². The second kappa shape index (κ2) is 8.75. The van der Waals surface area contributed by atoms with Gasteiger partial charge in [-0.25, -0.2) is 0 Å². The summed E-state index contributed by atoms with van der Waals surface area (Å²) in [5.74, 6) is 0.663. The van der Waals surface area contributed by atoms with E-state index in [-0.39, 0.29) is 24.8 Å². The average molecular weight is 427 g/mol. The molecule has 23 heavy (non-hydrogen) atoms. The van der Waals surface area contributed by atoms with Gasteiger partial charge in [0, 0.05) is 0 Å². The molecule has 0 fully saturated rings. The van der Waals surface area contributed by atoms with Crippen LogP contribution in [0, 0.1) is 5.92 Å². The normalized spacial score (nSPS) is 17.5. The molecule has 1 unspecified atom stereocenters. The Morgan fingerprint density at radius 2 is 1.83 bits per heavy atom. The van der Waals surface area contributed by atoms with Crippen molar-refractivity contribution in [1.82, 2.24) is 0 Å².